The number of hydrogen-bond acceptors (Lipinski definition) is 3. The van der Waals surface area contributed by atoms with Crippen molar-refractivity contribution >= 4 is 23.5 Å². The Hall–Kier alpha value is -2.56. The highest BCUT2D eigenvalue weighted by Gasteiger charge is 2.31. The van der Waals surface area contributed by atoms with E-state index in [0.717, 1.165) is 21.3 Å². The van der Waals surface area contributed by atoms with Crippen LogP contribution in [0.25, 0.3) is 12.2 Å². The van der Waals surface area contributed by atoms with Gasteiger partial charge in [0.2, 0.25) is 0 Å². The van der Waals surface area contributed by atoms with E-state index in [1.807, 2.05) is 60.7 Å². The van der Waals surface area contributed by atoms with E-state index in [0.29, 0.717) is 11.4 Å². The van der Waals surface area contributed by atoms with Crippen LogP contribution in [-0.2, 0) is 5.21 Å². The van der Waals surface area contributed by atoms with Crippen molar-refractivity contribution in [3.63, 3.8) is 0 Å². The summed E-state index contributed by atoms with van der Waals surface area (Å²) < 4.78 is 0. The molecule has 0 N–H and O–H groups in total. The molecule has 0 amide bonds. The van der Waals surface area contributed by atoms with E-state index >= 15 is 0 Å². The van der Waals surface area contributed by atoms with Crippen LogP contribution < -0.4 is 10.1 Å². The standard InChI is InChI=1S/C18H14N2O2/c21-19-15-7-3-1-5-13(15)9-11-17(19)18-12-10-14-6-2-4-8-16(14)20(18)22/h1-12,17-18H/q-1. The lowest BCUT2D eigenvalue weighted by molar-refractivity contribution is 0.136. The summed E-state index contributed by atoms with van der Waals surface area (Å²) in [4.78, 5) is 0. The summed E-state index contributed by atoms with van der Waals surface area (Å²) in [6.07, 6.45) is 7.44. The van der Waals surface area contributed by atoms with Crippen molar-refractivity contribution in [2.45, 2.75) is 12.1 Å². The third-order valence-corrected chi connectivity index (χ3v) is 4.19. The predicted octanol–water partition coefficient (Wildman–Crippen LogP) is 3.63. The quantitative estimate of drug-likeness (QED) is 0.805. The van der Waals surface area contributed by atoms with Crippen LogP contribution in [-0.4, -0.2) is 12.1 Å². The van der Waals surface area contributed by atoms with E-state index in [-0.39, 0.29) is 0 Å². The Labute approximate surface area is 128 Å². The molecule has 0 aliphatic carbocycles. The van der Waals surface area contributed by atoms with E-state index in [1.54, 1.807) is 12.1 Å². The van der Waals surface area contributed by atoms with Crippen LogP contribution in [0.4, 0.5) is 11.4 Å². The Kier molecular flexibility index (Phi) is 2.99. The first-order valence-corrected chi connectivity index (χ1v) is 7.23. The Bertz CT molecular complexity index is 704. The zero-order chi connectivity index (χ0) is 15.1. The molecule has 0 bridgehead atoms. The molecule has 0 saturated carbocycles. The lowest BCUT2D eigenvalue weighted by Gasteiger charge is -2.46. The van der Waals surface area contributed by atoms with Gasteiger partial charge in [-0.25, -0.2) is 5.06 Å². The first-order valence-electron chi connectivity index (χ1n) is 7.23. The molecule has 1 radical (unpaired) electrons. The number of benzene rings is 2. The highest BCUT2D eigenvalue weighted by Crippen LogP contribution is 2.34. The van der Waals surface area contributed by atoms with Gasteiger partial charge in [0.1, 0.15) is 6.04 Å². The van der Waals surface area contributed by atoms with Crippen LogP contribution in [0.15, 0.2) is 60.7 Å². The highest BCUT2D eigenvalue weighted by atomic mass is 16.5. The molecule has 4 rings (SSSR count). The van der Waals surface area contributed by atoms with Crippen molar-refractivity contribution in [2.75, 3.05) is 10.1 Å². The van der Waals surface area contributed by atoms with Gasteiger partial charge in [0.05, 0.1) is 11.7 Å². The Balaban J connectivity index is 1.70. The van der Waals surface area contributed by atoms with Crippen LogP contribution in [0.2, 0.25) is 0 Å². The zero-order valence-corrected chi connectivity index (χ0v) is 11.8. The molecule has 2 aliphatic heterocycles. The first-order chi connectivity index (χ1) is 10.8. The SMILES string of the molecule is [O]N1c2ccccc2C=CC1C1C=Cc2ccccc2N1[O-]. The molecule has 2 unspecified atom stereocenters. The molecule has 2 aliphatic rings. The second kappa shape index (κ2) is 5.02. The van der Waals surface area contributed by atoms with Crippen molar-refractivity contribution in [1.29, 1.82) is 0 Å². The molecule has 2 aromatic carbocycles. The summed E-state index contributed by atoms with van der Waals surface area (Å²) in [5.74, 6) is 0. The fourth-order valence-electron chi connectivity index (χ4n) is 3.05. The maximum atomic E-state index is 12.6. The summed E-state index contributed by atoms with van der Waals surface area (Å²) in [7, 11) is 0. The second-order valence-corrected chi connectivity index (χ2v) is 5.47. The summed E-state index contributed by atoms with van der Waals surface area (Å²) >= 11 is 0. The van der Waals surface area contributed by atoms with Crippen molar-refractivity contribution in [1.82, 2.24) is 0 Å². The number of rotatable bonds is 1. The zero-order valence-electron chi connectivity index (χ0n) is 11.8. The van der Waals surface area contributed by atoms with Gasteiger partial charge in [-0.05, 0) is 17.7 Å². The van der Waals surface area contributed by atoms with Crippen LogP contribution in [0.5, 0.6) is 0 Å². The molecule has 22 heavy (non-hydrogen) atoms. The summed E-state index contributed by atoms with van der Waals surface area (Å²) in [5, 5.41) is 27.1. The van der Waals surface area contributed by atoms with Crippen LogP contribution in [0.1, 0.15) is 11.1 Å². The highest BCUT2D eigenvalue weighted by molar-refractivity contribution is 5.76. The fourth-order valence-corrected chi connectivity index (χ4v) is 3.05. The van der Waals surface area contributed by atoms with Crippen LogP contribution in [0, 0.1) is 5.21 Å². The van der Waals surface area contributed by atoms with Gasteiger partial charge in [-0.15, -0.1) is 0 Å². The number of fused-ring (bicyclic) bond motifs is 2. The molecule has 0 aromatic heterocycles. The van der Waals surface area contributed by atoms with E-state index in [2.05, 4.69) is 0 Å². The smallest absolute Gasteiger partial charge is 0.101 e. The van der Waals surface area contributed by atoms with Crippen molar-refractivity contribution < 1.29 is 5.21 Å². The molecule has 0 spiro atoms. The molecule has 0 fully saturated rings. The van der Waals surface area contributed by atoms with Crippen molar-refractivity contribution in [3.05, 3.63) is 77.0 Å². The molecule has 2 atom stereocenters. The molecular formula is C18H14N2O2-. The number of nitrogens with zero attached hydrogens (tertiary/aromatic N) is 2. The monoisotopic (exact) mass is 290 g/mol. The number of anilines is 2. The second-order valence-electron chi connectivity index (χ2n) is 5.47. The molecule has 4 heteroatoms. The predicted molar refractivity (Wildman–Crippen MR) is 87.5 cm³/mol. The molecule has 4 nitrogen and oxygen atoms in total. The normalized spacial score (nSPS) is 22.5. The molecule has 2 heterocycles. The average Bonchev–Trinajstić information content (AvgIpc) is 2.57. The Morgan fingerprint density at radius 3 is 2.05 bits per heavy atom. The molecular weight excluding hydrogens is 276 g/mol. The number of para-hydroxylation sites is 2. The number of hydrogen-bond donors (Lipinski definition) is 0. The third-order valence-electron chi connectivity index (χ3n) is 4.19. The van der Waals surface area contributed by atoms with Gasteiger partial charge in [0.25, 0.3) is 0 Å². The lowest BCUT2D eigenvalue weighted by atomic mass is 9.95. The Morgan fingerprint density at radius 2 is 1.32 bits per heavy atom. The summed E-state index contributed by atoms with van der Waals surface area (Å²) in [5.41, 5.74) is 2.98. The fraction of sp³-hybridized carbons (Fsp3) is 0.111. The minimum absolute atomic E-state index is 0.531. The minimum atomic E-state index is -0.531. The van der Waals surface area contributed by atoms with Gasteiger partial charge in [-0.1, -0.05) is 65.9 Å². The first kappa shape index (κ1) is 13.1. The van der Waals surface area contributed by atoms with Gasteiger partial charge in [0, 0.05) is 11.3 Å². The molecule has 0 saturated heterocycles. The van der Waals surface area contributed by atoms with Gasteiger partial charge in [-0.2, -0.15) is 0 Å². The van der Waals surface area contributed by atoms with Crippen molar-refractivity contribution in [3.8, 4) is 0 Å². The lowest BCUT2D eigenvalue weighted by Crippen LogP contribution is -2.48. The van der Waals surface area contributed by atoms with Crippen molar-refractivity contribution in [2.24, 2.45) is 0 Å². The maximum Gasteiger partial charge on any atom is 0.101 e. The van der Waals surface area contributed by atoms with Gasteiger partial charge < -0.3 is 10.3 Å². The van der Waals surface area contributed by atoms with Crippen LogP contribution in [0.3, 0.4) is 0 Å². The largest absolute Gasteiger partial charge is 0.758 e. The van der Waals surface area contributed by atoms with Crippen LogP contribution >= 0.6 is 0 Å². The summed E-state index contributed by atoms with van der Waals surface area (Å²) in [6, 6.07) is 13.8. The maximum absolute atomic E-state index is 12.6. The van der Waals surface area contributed by atoms with Gasteiger partial charge in [0.15, 0.2) is 0 Å². The van der Waals surface area contributed by atoms with E-state index in [9.17, 15) is 10.4 Å². The van der Waals surface area contributed by atoms with E-state index in [1.165, 1.54) is 0 Å². The Morgan fingerprint density at radius 1 is 0.773 bits per heavy atom. The average molecular weight is 290 g/mol. The molecule has 2 aromatic rings. The summed E-state index contributed by atoms with van der Waals surface area (Å²) in [6.45, 7) is 0. The third kappa shape index (κ3) is 1.93. The van der Waals surface area contributed by atoms with Gasteiger partial charge >= 0.3 is 0 Å². The topological polar surface area (TPSA) is 49.4 Å². The molecule has 109 valence electrons. The number of hydroxylamine groups is 2. The van der Waals surface area contributed by atoms with Gasteiger partial charge in [-0.3, -0.25) is 0 Å². The minimum Gasteiger partial charge on any atom is -0.758 e. The van der Waals surface area contributed by atoms with E-state index < -0.39 is 12.1 Å². The van der Waals surface area contributed by atoms with E-state index in [4.69, 9.17) is 0 Å².